The zero-order chi connectivity index (χ0) is 19.7. The lowest BCUT2D eigenvalue weighted by molar-refractivity contribution is -0.129. The summed E-state index contributed by atoms with van der Waals surface area (Å²) in [6.45, 7) is 0.144. The third-order valence-electron chi connectivity index (χ3n) is 4.65. The zero-order valence-electron chi connectivity index (χ0n) is 14.7. The summed E-state index contributed by atoms with van der Waals surface area (Å²) in [7, 11) is 1.47. The molecule has 7 nitrogen and oxygen atoms in total. The minimum absolute atomic E-state index is 0.109. The third-order valence-corrected chi connectivity index (χ3v) is 4.65. The van der Waals surface area contributed by atoms with E-state index in [9.17, 15) is 18.0 Å². The van der Waals surface area contributed by atoms with Crippen LogP contribution in [0.5, 0.6) is 0 Å². The Morgan fingerprint density at radius 3 is 2.81 bits per heavy atom. The normalized spacial score (nSPS) is 19.9. The second-order valence-corrected chi connectivity index (χ2v) is 6.58. The Balaban J connectivity index is 2.04. The number of benzene rings is 1. The van der Waals surface area contributed by atoms with Crippen molar-refractivity contribution in [3.05, 3.63) is 23.8 Å². The molecule has 144 valence electrons. The number of rotatable bonds is 4. The van der Waals surface area contributed by atoms with Crippen molar-refractivity contribution in [2.75, 3.05) is 31.6 Å². The van der Waals surface area contributed by atoms with Gasteiger partial charge in [0.2, 0.25) is 11.9 Å². The van der Waals surface area contributed by atoms with Gasteiger partial charge in [-0.25, -0.2) is 18.2 Å². The number of amides is 1. The number of halogens is 3. The molecule has 2 heterocycles. The van der Waals surface area contributed by atoms with Gasteiger partial charge in [0, 0.05) is 32.3 Å². The number of piperidine rings is 1. The number of hydrogen-bond donors (Lipinski definition) is 1. The van der Waals surface area contributed by atoms with Crippen LogP contribution in [0.15, 0.2) is 12.1 Å². The number of nitrogens with zero attached hydrogens (tertiary/aromatic N) is 5. The molecule has 1 saturated heterocycles. The molecule has 1 aliphatic heterocycles. The monoisotopic (exact) mass is 380 g/mol. The fourth-order valence-electron chi connectivity index (χ4n) is 3.09. The fraction of sp³-hybridized carbons (Fsp3) is 0.471. The first kappa shape index (κ1) is 19.0. The van der Waals surface area contributed by atoms with Crippen molar-refractivity contribution < 1.29 is 18.0 Å². The van der Waals surface area contributed by atoms with Gasteiger partial charge in [0.25, 0.3) is 0 Å². The van der Waals surface area contributed by atoms with Crippen LogP contribution in [0.1, 0.15) is 6.42 Å². The van der Waals surface area contributed by atoms with Gasteiger partial charge in [0.1, 0.15) is 19.3 Å². The van der Waals surface area contributed by atoms with Crippen LogP contribution in [0, 0.1) is 23.0 Å². The molecular weight excluding hydrogens is 361 g/mol. The Bertz CT molecular complexity index is 908. The maximum Gasteiger partial charge on any atom is 0.243 e. The highest BCUT2D eigenvalue weighted by molar-refractivity contribution is 5.83. The van der Waals surface area contributed by atoms with Gasteiger partial charge < -0.3 is 20.1 Å². The molecule has 2 N–H and O–H groups in total. The molecule has 2 atom stereocenters. The van der Waals surface area contributed by atoms with E-state index in [4.69, 9.17) is 11.0 Å². The molecule has 0 bridgehead atoms. The first-order valence-electron chi connectivity index (χ1n) is 8.42. The summed E-state index contributed by atoms with van der Waals surface area (Å²) in [6, 6.07) is 3.07. The lowest BCUT2D eigenvalue weighted by Crippen LogP contribution is -2.50. The van der Waals surface area contributed by atoms with Crippen LogP contribution in [-0.4, -0.2) is 59.3 Å². The van der Waals surface area contributed by atoms with Crippen molar-refractivity contribution in [1.82, 2.24) is 14.5 Å². The summed E-state index contributed by atoms with van der Waals surface area (Å²) in [6.07, 6.45) is -0.951. The first-order valence-corrected chi connectivity index (χ1v) is 8.42. The number of aromatic nitrogens is 2. The maximum absolute atomic E-state index is 13.8. The summed E-state index contributed by atoms with van der Waals surface area (Å²) in [5.74, 6) is -2.22. The van der Waals surface area contributed by atoms with Crippen LogP contribution >= 0.6 is 0 Å². The van der Waals surface area contributed by atoms with Crippen molar-refractivity contribution in [3.8, 4) is 6.07 Å². The molecule has 3 rings (SSSR count). The summed E-state index contributed by atoms with van der Waals surface area (Å²) < 4.78 is 42.5. The Morgan fingerprint density at radius 2 is 2.15 bits per heavy atom. The van der Waals surface area contributed by atoms with Gasteiger partial charge in [-0.2, -0.15) is 5.26 Å². The average Bonchev–Trinajstić information content (AvgIpc) is 2.95. The number of fused-ring (bicyclic) bond motifs is 1. The second kappa shape index (κ2) is 7.44. The van der Waals surface area contributed by atoms with E-state index in [-0.39, 0.29) is 43.0 Å². The van der Waals surface area contributed by atoms with E-state index < -0.39 is 29.8 Å². The number of alkyl halides is 1. The molecule has 0 spiro atoms. The molecule has 1 fully saturated rings. The number of nitrogens with two attached hydrogens (primary N) is 1. The molecular formula is C17H19F3N6O. The lowest BCUT2D eigenvalue weighted by atomic mass is 10.1. The van der Waals surface area contributed by atoms with E-state index in [0.29, 0.717) is 6.54 Å². The second-order valence-electron chi connectivity index (χ2n) is 6.58. The Kier molecular flexibility index (Phi) is 5.23. The van der Waals surface area contributed by atoms with Crippen LogP contribution in [-0.2, 0) is 11.3 Å². The zero-order valence-corrected chi connectivity index (χ0v) is 14.7. The molecule has 0 saturated carbocycles. The number of carbonyl (C=O) groups excluding carboxylic acids is 1. The van der Waals surface area contributed by atoms with Crippen LogP contribution in [0.2, 0.25) is 0 Å². The van der Waals surface area contributed by atoms with Gasteiger partial charge in [-0.15, -0.1) is 0 Å². The van der Waals surface area contributed by atoms with Crippen molar-refractivity contribution in [1.29, 1.82) is 5.26 Å². The summed E-state index contributed by atoms with van der Waals surface area (Å²) in [5.41, 5.74) is 6.21. The minimum Gasteiger partial charge on any atom is -0.340 e. The van der Waals surface area contributed by atoms with E-state index in [1.807, 2.05) is 6.07 Å². The number of nitriles is 1. The number of likely N-dealkylation sites (N-methyl/N-ethyl adjacent to an activating group) is 1. The predicted octanol–water partition coefficient (Wildman–Crippen LogP) is 1.17. The molecule has 1 aromatic carbocycles. The van der Waals surface area contributed by atoms with Crippen molar-refractivity contribution in [2.24, 2.45) is 5.73 Å². The van der Waals surface area contributed by atoms with Crippen molar-refractivity contribution in [2.45, 2.75) is 25.2 Å². The summed E-state index contributed by atoms with van der Waals surface area (Å²) in [5, 5.41) is 8.75. The van der Waals surface area contributed by atoms with E-state index in [2.05, 4.69) is 4.98 Å². The first-order chi connectivity index (χ1) is 12.8. The van der Waals surface area contributed by atoms with Crippen molar-refractivity contribution >= 4 is 22.9 Å². The lowest BCUT2D eigenvalue weighted by Gasteiger charge is -2.34. The van der Waals surface area contributed by atoms with Crippen LogP contribution in [0.3, 0.4) is 0 Å². The van der Waals surface area contributed by atoms with E-state index >= 15 is 0 Å². The average molecular weight is 380 g/mol. The molecule has 10 heteroatoms. The summed E-state index contributed by atoms with van der Waals surface area (Å²) in [4.78, 5) is 19.6. The van der Waals surface area contributed by atoms with Gasteiger partial charge in [0.15, 0.2) is 11.6 Å². The molecule has 0 unspecified atom stereocenters. The van der Waals surface area contributed by atoms with Gasteiger partial charge in [0.05, 0.1) is 23.1 Å². The SMILES string of the molecule is CN(CC#N)C(=O)Cn1c(N2CC[C@@H](F)[C@H](N)C2)nc2cc(F)c(F)cc21. The Hall–Kier alpha value is -2.80. The number of carbonyl (C=O) groups is 1. The van der Waals surface area contributed by atoms with E-state index in [1.165, 1.54) is 16.5 Å². The van der Waals surface area contributed by atoms with E-state index in [1.54, 1.807) is 4.90 Å². The largest absolute Gasteiger partial charge is 0.340 e. The molecule has 1 aliphatic rings. The maximum atomic E-state index is 13.8. The van der Waals surface area contributed by atoms with Gasteiger partial charge in [-0.05, 0) is 6.42 Å². The molecule has 27 heavy (non-hydrogen) atoms. The number of anilines is 1. The predicted molar refractivity (Wildman–Crippen MR) is 92.6 cm³/mol. The van der Waals surface area contributed by atoms with Gasteiger partial charge in [-0.3, -0.25) is 4.79 Å². The van der Waals surface area contributed by atoms with Gasteiger partial charge in [-0.1, -0.05) is 0 Å². The quantitative estimate of drug-likeness (QED) is 0.804. The highest BCUT2D eigenvalue weighted by atomic mass is 19.2. The van der Waals surface area contributed by atoms with Crippen LogP contribution in [0.4, 0.5) is 19.1 Å². The standard InChI is InChI=1S/C17H19F3N6O/c1-24(5-3-21)16(27)9-26-15-7-12(20)11(19)6-14(15)23-17(26)25-4-2-10(18)13(22)8-25/h6-7,10,13H,2,4-5,8-9,22H2,1H3/t10-,13-/m1/s1. The molecule has 1 amide bonds. The topological polar surface area (TPSA) is 91.2 Å². The smallest absolute Gasteiger partial charge is 0.243 e. The summed E-state index contributed by atoms with van der Waals surface area (Å²) >= 11 is 0. The van der Waals surface area contributed by atoms with Crippen LogP contribution in [0.25, 0.3) is 11.0 Å². The third kappa shape index (κ3) is 3.68. The van der Waals surface area contributed by atoms with Gasteiger partial charge >= 0.3 is 0 Å². The molecule has 1 aromatic heterocycles. The number of hydrogen-bond acceptors (Lipinski definition) is 5. The highest BCUT2D eigenvalue weighted by Gasteiger charge is 2.30. The Morgan fingerprint density at radius 1 is 1.44 bits per heavy atom. The fourth-order valence-corrected chi connectivity index (χ4v) is 3.09. The van der Waals surface area contributed by atoms with E-state index in [0.717, 1.165) is 12.1 Å². The number of imidazole rings is 1. The Labute approximate surface area is 153 Å². The highest BCUT2D eigenvalue weighted by Crippen LogP contribution is 2.27. The van der Waals surface area contributed by atoms with Crippen LogP contribution < -0.4 is 10.6 Å². The molecule has 0 aliphatic carbocycles. The minimum atomic E-state index is -1.14. The molecule has 0 radical (unpaired) electrons. The van der Waals surface area contributed by atoms with Crippen molar-refractivity contribution in [3.63, 3.8) is 0 Å². The molecule has 2 aromatic rings.